The number of hydrogen-bond acceptors (Lipinski definition) is 3. The minimum Gasteiger partial charge on any atom is -0.486 e. The summed E-state index contributed by atoms with van der Waals surface area (Å²) in [4.78, 5) is 24.4. The van der Waals surface area contributed by atoms with E-state index in [1.165, 1.54) is 43.5 Å². The van der Waals surface area contributed by atoms with Crippen LogP contribution in [-0.2, 0) is 4.79 Å². The van der Waals surface area contributed by atoms with E-state index in [0.29, 0.717) is 36.5 Å². The lowest BCUT2D eigenvalue weighted by molar-refractivity contribution is -0.146. The predicted octanol–water partition coefficient (Wildman–Crippen LogP) is 5.37. The Morgan fingerprint density at radius 2 is 1.55 bits per heavy atom. The summed E-state index contributed by atoms with van der Waals surface area (Å²) in [5.74, 6) is 1.54. The zero-order chi connectivity index (χ0) is 23.0. The maximum Gasteiger partial charge on any atom is 0.335 e. The topological polar surface area (TPSA) is 75.6 Å². The van der Waals surface area contributed by atoms with E-state index in [1.807, 2.05) is 0 Å². The third kappa shape index (κ3) is 4.61. The fraction of sp³-hybridized carbons (Fsp3) is 0.481. The van der Waals surface area contributed by atoms with Crippen LogP contribution in [0.3, 0.4) is 0 Å². The monoisotopic (exact) mass is 451 g/mol. The number of nitrogens with one attached hydrogen (secondary N) is 1. The van der Waals surface area contributed by atoms with Crippen LogP contribution in [0.2, 0.25) is 0 Å². The number of carbonyl (C=O) groups excluding carboxylic acids is 1. The van der Waals surface area contributed by atoms with Gasteiger partial charge in [0.15, 0.2) is 0 Å². The molecular weight excluding hydrogens is 421 g/mol. The zero-order valence-corrected chi connectivity index (χ0v) is 18.6. The molecule has 5 nitrogen and oxygen atoms in total. The molecule has 4 aliphatic rings. The molecule has 1 unspecified atom stereocenters. The summed E-state index contributed by atoms with van der Waals surface area (Å²) in [7, 11) is 0. The predicted molar refractivity (Wildman–Crippen MR) is 121 cm³/mol. The highest BCUT2D eigenvalue weighted by molar-refractivity contribution is 5.87. The normalized spacial score (nSPS) is 28.3. The van der Waals surface area contributed by atoms with E-state index in [-0.39, 0.29) is 22.7 Å². The fourth-order valence-corrected chi connectivity index (χ4v) is 6.70. The molecule has 4 aliphatic carbocycles. The van der Waals surface area contributed by atoms with Gasteiger partial charge in [0.05, 0.1) is 5.56 Å². The van der Waals surface area contributed by atoms with E-state index in [0.717, 1.165) is 24.8 Å². The molecule has 4 bridgehead atoms. The summed E-state index contributed by atoms with van der Waals surface area (Å²) in [6, 6.07) is 12.4. The van der Waals surface area contributed by atoms with Crippen molar-refractivity contribution in [2.24, 2.45) is 23.2 Å². The van der Waals surface area contributed by atoms with E-state index in [1.54, 1.807) is 24.3 Å². The Labute approximate surface area is 193 Å². The first-order chi connectivity index (χ1) is 15.9. The largest absolute Gasteiger partial charge is 0.486 e. The minimum atomic E-state index is -0.996. The van der Waals surface area contributed by atoms with Crippen molar-refractivity contribution in [2.75, 3.05) is 6.54 Å². The van der Waals surface area contributed by atoms with Crippen LogP contribution in [0.15, 0.2) is 48.5 Å². The first-order valence-corrected chi connectivity index (χ1v) is 11.9. The Balaban J connectivity index is 1.25. The SMILES string of the molecule is O=C(O)c1ccc(OC(CCNC(=O)C23CC4CC(CC(C4)C2)C3)c2ccc(F)cc2)cc1. The Bertz CT molecular complexity index is 982. The fourth-order valence-electron chi connectivity index (χ4n) is 6.70. The van der Waals surface area contributed by atoms with Crippen molar-refractivity contribution in [1.82, 2.24) is 5.32 Å². The van der Waals surface area contributed by atoms with Crippen LogP contribution in [-0.4, -0.2) is 23.5 Å². The smallest absolute Gasteiger partial charge is 0.335 e. The van der Waals surface area contributed by atoms with Gasteiger partial charge >= 0.3 is 5.97 Å². The Kier molecular flexibility index (Phi) is 5.85. The molecule has 0 spiro atoms. The molecule has 2 N–H and O–H groups in total. The first kappa shape index (κ1) is 21.9. The van der Waals surface area contributed by atoms with Gasteiger partial charge < -0.3 is 15.2 Å². The van der Waals surface area contributed by atoms with Gasteiger partial charge in [-0.3, -0.25) is 4.79 Å². The molecule has 6 heteroatoms. The van der Waals surface area contributed by atoms with Crippen molar-refractivity contribution in [3.63, 3.8) is 0 Å². The maximum atomic E-state index is 13.5. The zero-order valence-electron chi connectivity index (χ0n) is 18.6. The number of carbonyl (C=O) groups is 2. The Morgan fingerprint density at radius 3 is 2.09 bits per heavy atom. The van der Waals surface area contributed by atoms with Crippen LogP contribution in [0.5, 0.6) is 5.75 Å². The number of aromatic carboxylic acids is 1. The first-order valence-electron chi connectivity index (χ1n) is 11.9. The van der Waals surface area contributed by atoms with Crippen molar-refractivity contribution >= 4 is 11.9 Å². The molecule has 0 radical (unpaired) electrons. The second-order valence-corrected chi connectivity index (χ2v) is 10.2. The molecule has 0 aliphatic heterocycles. The van der Waals surface area contributed by atoms with Crippen LogP contribution >= 0.6 is 0 Å². The molecule has 2 aromatic carbocycles. The second kappa shape index (κ2) is 8.81. The highest BCUT2D eigenvalue weighted by Gasteiger charge is 2.54. The number of hydrogen-bond donors (Lipinski definition) is 2. The van der Waals surface area contributed by atoms with E-state index in [9.17, 15) is 14.0 Å². The summed E-state index contributed by atoms with van der Waals surface area (Å²) in [5.41, 5.74) is 0.805. The maximum absolute atomic E-state index is 13.5. The highest BCUT2D eigenvalue weighted by atomic mass is 19.1. The standard InChI is InChI=1S/C27H30FNO4/c28-22-5-1-20(2-6-22)24(33-23-7-3-21(4-8-23)25(30)31)9-10-29-26(32)27-14-17-11-18(15-27)13-19(12-17)16-27/h1-8,17-19,24H,9-16H2,(H,29,32)(H,30,31). The highest BCUT2D eigenvalue weighted by Crippen LogP contribution is 2.60. The number of benzene rings is 2. The molecule has 4 saturated carbocycles. The van der Waals surface area contributed by atoms with Crippen LogP contribution in [0.25, 0.3) is 0 Å². The molecule has 1 amide bonds. The summed E-state index contributed by atoms with van der Waals surface area (Å²) < 4.78 is 19.6. The molecule has 0 heterocycles. The lowest BCUT2D eigenvalue weighted by atomic mass is 9.49. The van der Waals surface area contributed by atoms with Crippen molar-refractivity contribution in [3.05, 3.63) is 65.5 Å². The van der Waals surface area contributed by atoms with Crippen LogP contribution in [0, 0.1) is 29.0 Å². The molecule has 4 fully saturated rings. The van der Waals surface area contributed by atoms with Gasteiger partial charge in [0, 0.05) is 18.4 Å². The van der Waals surface area contributed by atoms with E-state index < -0.39 is 12.1 Å². The van der Waals surface area contributed by atoms with Crippen molar-refractivity contribution in [3.8, 4) is 5.75 Å². The van der Waals surface area contributed by atoms with Crippen LogP contribution < -0.4 is 10.1 Å². The van der Waals surface area contributed by atoms with Gasteiger partial charge in [-0.05, 0) is 98.2 Å². The number of halogens is 1. The Hall–Kier alpha value is -2.89. The summed E-state index contributed by atoms with van der Waals surface area (Å²) in [6.45, 7) is 0.468. The average molecular weight is 452 g/mol. The molecule has 1 atom stereocenters. The van der Waals surface area contributed by atoms with Crippen LogP contribution in [0.1, 0.15) is 67.0 Å². The van der Waals surface area contributed by atoms with E-state index in [2.05, 4.69) is 5.32 Å². The third-order valence-corrected chi connectivity index (χ3v) is 7.83. The van der Waals surface area contributed by atoms with Gasteiger partial charge in [0.25, 0.3) is 0 Å². The number of ether oxygens (including phenoxy) is 1. The van der Waals surface area contributed by atoms with Crippen molar-refractivity contribution in [2.45, 2.75) is 51.0 Å². The van der Waals surface area contributed by atoms with Crippen molar-refractivity contribution in [1.29, 1.82) is 0 Å². The molecule has 6 rings (SSSR count). The molecule has 174 valence electrons. The van der Waals surface area contributed by atoms with Gasteiger partial charge in [-0.1, -0.05) is 12.1 Å². The van der Waals surface area contributed by atoms with Gasteiger partial charge in [-0.2, -0.15) is 0 Å². The number of carboxylic acid groups (broad SMARTS) is 1. The van der Waals surface area contributed by atoms with E-state index in [4.69, 9.17) is 9.84 Å². The molecule has 2 aromatic rings. The number of amides is 1. The van der Waals surface area contributed by atoms with E-state index >= 15 is 0 Å². The molecule has 33 heavy (non-hydrogen) atoms. The molecule has 0 aromatic heterocycles. The Morgan fingerprint density at radius 1 is 0.970 bits per heavy atom. The van der Waals surface area contributed by atoms with Gasteiger partial charge in [-0.25, -0.2) is 9.18 Å². The van der Waals surface area contributed by atoms with Gasteiger partial charge in [-0.15, -0.1) is 0 Å². The van der Waals surface area contributed by atoms with Crippen molar-refractivity contribution < 1.29 is 23.8 Å². The van der Waals surface area contributed by atoms with Crippen LogP contribution in [0.4, 0.5) is 4.39 Å². The van der Waals surface area contributed by atoms with Gasteiger partial charge in [0.2, 0.25) is 5.91 Å². The second-order valence-electron chi connectivity index (χ2n) is 10.2. The lowest BCUT2D eigenvalue weighted by Gasteiger charge is -2.55. The van der Waals surface area contributed by atoms with Gasteiger partial charge in [0.1, 0.15) is 17.7 Å². The minimum absolute atomic E-state index is 0.184. The lowest BCUT2D eigenvalue weighted by Crippen LogP contribution is -2.53. The summed E-state index contributed by atoms with van der Waals surface area (Å²) in [5, 5.41) is 12.3. The number of rotatable bonds is 8. The molecular formula is C27H30FNO4. The summed E-state index contributed by atoms with van der Waals surface area (Å²) >= 11 is 0. The molecule has 0 saturated heterocycles. The quantitative estimate of drug-likeness (QED) is 0.566. The number of carboxylic acids is 1. The third-order valence-electron chi connectivity index (χ3n) is 7.83. The average Bonchev–Trinajstić information content (AvgIpc) is 2.78. The summed E-state index contributed by atoms with van der Waals surface area (Å²) in [6.07, 6.45) is 7.12.